The monoisotopic (exact) mass is 192 g/mol. The summed E-state index contributed by atoms with van der Waals surface area (Å²) in [6.45, 7) is -13.1. The van der Waals surface area contributed by atoms with E-state index in [1.54, 1.807) is 5.32 Å². The van der Waals surface area contributed by atoms with Crippen LogP contribution in [0.3, 0.4) is 0 Å². The molecule has 2 nitrogen and oxygen atoms in total. The Labute approximate surface area is 94.2 Å². The molecule has 1 aromatic carbocycles. The number of hydrogen-bond donors (Lipinski definition) is 1. The Morgan fingerprint density at radius 3 is 3.00 bits per heavy atom. The van der Waals surface area contributed by atoms with E-state index in [-0.39, 0.29) is 4.90 Å². The van der Waals surface area contributed by atoms with Crippen molar-refractivity contribution in [2.24, 2.45) is 0 Å². The third-order valence-electron chi connectivity index (χ3n) is 1.27. The molecule has 1 N–H and O–H groups in total. The second-order valence-corrected chi connectivity index (χ2v) is 2.10. The molecule has 0 radical (unpaired) electrons. The van der Waals surface area contributed by atoms with E-state index in [0.717, 1.165) is 0 Å². The lowest BCUT2D eigenvalue weighted by Crippen LogP contribution is -2.43. The van der Waals surface area contributed by atoms with Crippen LogP contribution in [0.1, 0.15) is 16.4 Å². The van der Waals surface area contributed by atoms with Gasteiger partial charge in [-0.15, -0.1) is 0 Å². The van der Waals surface area contributed by atoms with E-state index in [1.807, 2.05) is 0 Å². The summed E-state index contributed by atoms with van der Waals surface area (Å²) in [5.41, 5.74) is -1.15. The van der Waals surface area contributed by atoms with Gasteiger partial charge in [-0.3, -0.25) is 0 Å². The topological polar surface area (TPSA) is 15.3 Å². The zero-order chi connectivity index (χ0) is 19.7. The van der Waals surface area contributed by atoms with Gasteiger partial charge in [0.15, 0.2) is 0 Å². The van der Waals surface area contributed by atoms with Crippen LogP contribution in [0.4, 0.5) is 10.1 Å². The summed E-state index contributed by atoms with van der Waals surface area (Å²) in [7, 11) is 0. The average Bonchev–Trinajstić information content (AvgIpc) is 2.44. The maximum absolute atomic E-state index is 14.0. The van der Waals surface area contributed by atoms with Crippen molar-refractivity contribution in [3.8, 4) is 0 Å². The van der Waals surface area contributed by atoms with Gasteiger partial charge in [-0.2, -0.15) is 0 Å². The minimum absolute atomic E-state index is 0.179. The van der Waals surface area contributed by atoms with Gasteiger partial charge in [-0.1, -0.05) is 6.04 Å². The highest BCUT2D eigenvalue weighted by atomic mass is 19.1. The number of rotatable bonds is 1. The van der Waals surface area contributed by atoms with Crippen LogP contribution in [0, 0.1) is 5.82 Å². The first-order valence-electron chi connectivity index (χ1n) is 9.36. The molecule has 0 unspecified atom stereocenters. The van der Waals surface area contributed by atoms with E-state index in [9.17, 15) is 4.39 Å². The van der Waals surface area contributed by atoms with Gasteiger partial charge in [0.1, 0.15) is 5.82 Å². The summed E-state index contributed by atoms with van der Waals surface area (Å²) < 4.78 is 107. The first-order chi connectivity index (χ1) is 11.0. The molecule has 1 heterocycles. The number of halogens is 1. The third-order valence-corrected chi connectivity index (χ3v) is 1.27. The predicted molar refractivity (Wildman–Crippen MR) is 51.5 cm³/mol. The molecule has 2 rings (SSSR count). The lowest BCUT2D eigenvalue weighted by Gasteiger charge is -2.29. The van der Waals surface area contributed by atoms with Gasteiger partial charge in [0.05, 0.1) is 11.0 Å². The lowest BCUT2D eigenvalue weighted by atomic mass is 10.2. The second kappa shape index (κ2) is 3.75. The summed E-state index contributed by atoms with van der Waals surface area (Å²) in [6.07, 6.45) is 0. The lowest BCUT2D eigenvalue weighted by molar-refractivity contribution is 0.584. The normalized spacial score (nSPS) is 46.4. The van der Waals surface area contributed by atoms with Crippen LogP contribution in [0.2, 0.25) is 0 Å². The number of piperazine rings is 1. The minimum Gasteiger partial charge on any atom is -0.369 e. The fourth-order valence-electron chi connectivity index (χ4n) is 0.762. The van der Waals surface area contributed by atoms with Crippen LogP contribution in [0.5, 0.6) is 0 Å². The first kappa shape index (κ1) is 2.28. The predicted octanol–water partition coefficient (Wildman–Crippen LogP) is 1.24. The highest BCUT2D eigenvalue weighted by Crippen LogP contribution is 2.15. The molecule has 1 aliphatic rings. The second-order valence-electron chi connectivity index (χ2n) is 2.10. The Bertz CT molecular complexity index is 678. The molecule has 0 atom stereocenters. The molecule has 0 saturated carbocycles. The molecule has 1 saturated heterocycles. The van der Waals surface area contributed by atoms with Gasteiger partial charge in [0, 0.05) is 37.2 Å². The van der Waals surface area contributed by atoms with Gasteiger partial charge in [-0.05, 0) is 18.1 Å². The van der Waals surface area contributed by atoms with E-state index < -0.39 is 61.7 Å². The van der Waals surface area contributed by atoms with E-state index >= 15 is 0 Å². The largest absolute Gasteiger partial charge is 0.369 e. The van der Waals surface area contributed by atoms with Crippen molar-refractivity contribution in [1.82, 2.24) is 5.32 Å². The molecular formula is C10H13FN2. The first-order valence-corrected chi connectivity index (χ1v) is 3.36. The summed E-state index contributed by atoms with van der Waals surface area (Å²) in [5, 5.41) is 1.57. The van der Waals surface area contributed by atoms with Gasteiger partial charge in [-0.25, -0.2) is 4.39 Å². The Morgan fingerprint density at radius 2 is 2.23 bits per heavy atom. The van der Waals surface area contributed by atoms with Crippen LogP contribution in [-0.4, -0.2) is 26.0 Å². The molecule has 0 aromatic heterocycles. The fraction of sp³-hybridized carbons (Fsp3) is 0.400. The molecule has 0 bridgehead atoms. The Kier molecular flexibility index (Phi) is 0.658. The fourth-order valence-corrected chi connectivity index (χ4v) is 0.762. The highest BCUT2D eigenvalue weighted by molar-refractivity contribution is 5.46. The van der Waals surface area contributed by atoms with Crippen LogP contribution in [-0.2, 0) is 0 Å². The summed E-state index contributed by atoms with van der Waals surface area (Å²) in [6, 6.07) is -4.57. The van der Waals surface area contributed by atoms with E-state index in [0.29, 0.717) is 0 Å². The number of hydrogen-bond acceptors (Lipinski definition) is 2. The average molecular weight is 192 g/mol. The molecule has 70 valence electrons. The molecule has 0 spiro atoms. The summed E-state index contributed by atoms with van der Waals surface area (Å²) >= 11 is 0. The van der Waals surface area contributed by atoms with E-state index in [2.05, 4.69) is 0 Å². The molecule has 0 amide bonds. The van der Waals surface area contributed by atoms with Crippen LogP contribution >= 0.6 is 0 Å². The van der Waals surface area contributed by atoms with Crippen molar-refractivity contribution in [2.45, 2.75) is 0 Å². The van der Waals surface area contributed by atoms with Crippen LogP contribution in [0.25, 0.3) is 0 Å². The molecule has 1 aromatic rings. The van der Waals surface area contributed by atoms with Crippen molar-refractivity contribution in [2.75, 3.05) is 30.9 Å². The molecule has 3 heteroatoms. The van der Waals surface area contributed by atoms with Crippen molar-refractivity contribution in [3.05, 3.63) is 30.0 Å². The minimum atomic E-state index is -3.36. The van der Waals surface area contributed by atoms with Crippen LogP contribution in [0.15, 0.2) is 24.2 Å². The van der Waals surface area contributed by atoms with Gasteiger partial charge in [0.2, 0.25) is 0 Å². The van der Waals surface area contributed by atoms with Gasteiger partial charge >= 0.3 is 0 Å². The van der Waals surface area contributed by atoms with Crippen molar-refractivity contribution >= 4 is 5.69 Å². The number of anilines is 1. The Hall–Kier alpha value is -1.09. The smallest absolute Gasteiger partial charge is 0.125 e. The zero-order valence-electron chi connectivity index (χ0n) is 18.3. The number of nitrogens with zero attached hydrogens (tertiary/aromatic N) is 1. The van der Waals surface area contributed by atoms with Crippen molar-refractivity contribution < 1.29 is 20.8 Å². The van der Waals surface area contributed by atoms with Crippen molar-refractivity contribution in [1.29, 1.82) is 0 Å². The highest BCUT2D eigenvalue weighted by Gasteiger charge is 2.09. The zero-order valence-corrected chi connectivity index (χ0v) is 6.33. The summed E-state index contributed by atoms with van der Waals surface area (Å²) in [5.74, 6) is -1.62. The number of nitrogens with one attached hydrogen (secondary N) is 1. The quantitative estimate of drug-likeness (QED) is 0.720. The van der Waals surface area contributed by atoms with E-state index in [1.165, 1.54) is 0 Å². The Morgan fingerprint density at radius 1 is 1.46 bits per heavy atom. The Balaban J connectivity index is 2.92. The standard InChI is InChI=1S/C10H13FN2/c11-9-2-1-3-10(8-9)13-6-4-12-5-7-13/h1-3,8,12H,4-7H2/i1D,2D,3D,4D2,5D2,6D2,7D2,8D. The molecule has 1 fully saturated rings. The third kappa shape index (κ3) is 1.98. The van der Waals surface area contributed by atoms with Crippen molar-refractivity contribution in [3.63, 3.8) is 0 Å². The van der Waals surface area contributed by atoms with Crippen LogP contribution < -0.4 is 10.2 Å². The molecule has 0 aliphatic carbocycles. The maximum atomic E-state index is 14.0. The molecule has 13 heavy (non-hydrogen) atoms. The molecule has 1 aliphatic heterocycles. The summed E-state index contributed by atoms with van der Waals surface area (Å²) in [4.78, 5) is -0.179. The maximum Gasteiger partial charge on any atom is 0.125 e. The number of benzene rings is 1. The van der Waals surface area contributed by atoms with E-state index in [4.69, 9.17) is 16.4 Å². The SMILES string of the molecule is [2H]c1c([2H])c(F)c([2H])c(N2C([2H])([2H])C([2H])([2H])NC([2H])([2H])C2([2H])[2H])c1[2H]. The molecular weight excluding hydrogens is 167 g/mol. The van der Waals surface area contributed by atoms with Gasteiger partial charge in [0.25, 0.3) is 0 Å². The van der Waals surface area contributed by atoms with Gasteiger partial charge < -0.3 is 10.2 Å².